The van der Waals surface area contributed by atoms with Crippen molar-refractivity contribution in [3.8, 4) is 5.75 Å². The number of rotatable bonds is 5. The summed E-state index contributed by atoms with van der Waals surface area (Å²) in [4.78, 5) is 13.1. The molecule has 0 radical (unpaired) electrons. The molecule has 4 nitrogen and oxygen atoms in total. The molecule has 1 aliphatic rings. The van der Waals surface area contributed by atoms with Crippen molar-refractivity contribution in [3.63, 3.8) is 0 Å². The minimum absolute atomic E-state index is 0.313. The number of amides is 1. The molecule has 1 fully saturated rings. The summed E-state index contributed by atoms with van der Waals surface area (Å²) in [5, 5.41) is 6.49. The Hall–Kier alpha value is -2.85. The zero-order valence-corrected chi connectivity index (χ0v) is 18.0. The summed E-state index contributed by atoms with van der Waals surface area (Å²) in [6.45, 7) is 2.27. The van der Waals surface area contributed by atoms with Gasteiger partial charge in [0, 0.05) is 26.2 Å². The minimum Gasteiger partial charge on any atom is -0.410 e. The highest BCUT2D eigenvalue weighted by Crippen LogP contribution is 2.36. The molecule has 156 valence electrons. The van der Waals surface area contributed by atoms with Crippen LogP contribution in [0.2, 0.25) is 0 Å². The summed E-state index contributed by atoms with van der Waals surface area (Å²) in [5.74, 6) is 1.13. The van der Waals surface area contributed by atoms with Gasteiger partial charge in [0.1, 0.15) is 5.75 Å². The summed E-state index contributed by atoms with van der Waals surface area (Å²) >= 11 is 0. The molecule has 3 atom stereocenters. The first kappa shape index (κ1) is 20.4. The number of ether oxygens (including phenoxy) is 1. The van der Waals surface area contributed by atoms with Crippen LogP contribution >= 0.6 is 0 Å². The fourth-order valence-electron chi connectivity index (χ4n) is 4.51. The van der Waals surface area contributed by atoms with Crippen molar-refractivity contribution in [1.29, 1.82) is 0 Å². The van der Waals surface area contributed by atoms with E-state index in [0.717, 1.165) is 6.42 Å². The van der Waals surface area contributed by atoms with Gasteiger partial charge in [-0.2, -0.15) is 0 Å². The van der Waals surface area contributed by atoms with Crippen LogP contribution in [0.5, 0.6) is 5.75 Å². The predicted octanol–water partition coefficient (Wildman–Crippen LogP) is 5.89. The molecule has 4 rings (SSSR count). The maximum Gasteiger partial charge on any atom is 0.414 e. The highest BCUT2D eigenvalue weighted by molar-refractivity contribution is 5.86. The van der Waals surface area contributed by atoms with E-state index in [2.05, 4.69) is 66.8 Å². The van der Waals surface area contributed by atoms with Crippen LogP contribution in [0.25, 0.3) is 10.8 Å². The molecular weight excluding hydrogens is 372 g/mol. The Balaban J connectivity index is 1.38. The first-order chi connectivity index (χ1) is 14.5. The van der Waals surface area contributed by atoms with Crippen molar-refractivity contribution in [3.05, 3.63) is 77.9 Å². The first-order valence-electron chi connectivity index (χ1n) is 10.7. The molecule has 0 aromatic heterocycles. The summed E-state index contributed by atoms with van der Waals surface area (Å²) in [6.07, 6.45) is 3.13. The van der Waals surface area contributed by atoms with Gasteiger partial charge in [-0.15, -0.1) is 0 Å². The molecule has 1 N–H and O–H groups in total. The molecule has 0 aliphatic heterocycles. The van der Waals surface area contributed by atoms with Crippen LogP contribution in [0.4, 0.5) is 4.79 Å². The smallest absolute Gasteiger partial charge is 0.410 e. The van der Waals surface area contributed by atoms with Gasteiger partial charge < -0.3 is 15.0 Å². The Morgan fingerprint density at radius 1 is 1.00 bits per heavy atom. The lowest BCUT2D eigenvalue weighted by molar-refractivity contribution is 0.172. The molecule has 3 aromatic carbocycles. The van der Waals surface area contributed by atoms with Crippen LogP contribution < -0.4 is 10.1 Å². The van der Waals surface area contributed by atoms with E-state index in [-0.39, 0.29) is 6.09 Å². The number of carbonyl (C=O) groups excluding carboxylic acids is 1. The summed E-state index contributed by atoms with van der Waals surface area (Å²) < 4.78 is 5.33. The van der Waals surface area contributed by atoms with E-state index in [9.17, 15) is 4.79 Å². The fourth-order valence-corrected chi connectivity index (χ4v) is 4.51. The summed E-state index contributed by atoms with van der Waals surface area (Å²) in [6, 6.07) is 24.0. The monoisotopic (exact) mass is 402 g/mol. The van der Waals surface area contributed by atoms with Gasteiger partial charge in [0.25, 0.3) is 0 Å². The topological polar surface area (TPSA) is 41.6 Å². The number of nitrogens with zero attached hydrogens (tertiary/aromatic N) is 1. The number of benzene rings is 3. The third-order valence-electron chi connectivity index (χ3n) is 6.13. The van der Waals surface area contributed by atoms with E-state index in [1.165, 1.54) is 39.6 Å². The molecule has 0 spiro atoms. The maximum absolute atomic E-state index is 11.7. The first-order valence-corrected chi connectivity index (χ1v) is 10.7. The van der Waals surface area contributed by atoms with Gasteiger partial charge in [0.15, 0.2) is 0 Å². The minimum atomic E-state index is -0.352. The standard InChI is InChI=1S/C26H30N2O2/c1-18(24-10-6-8-20-7-4-5-9-25(20)24)27-22-14-11-21(17-22)19-12-15-23(16-13-19)30-26(29)28(2)3/h4-10,12-13,15-16,18,21-22,27H,11,14,17H2,1-3H3/t18?,21-,22+/m1/s1. The number of hydrogen-bond donors (Lipinski definition) is 1. The molecule has 1 amide bonds. The van der Waals surface area contributed by atoms with E-state index in [1.54, 1.807) is 14.1 Å². The normalized spacial score (nSPS) is 19.6. The highest BCUT2D eigenvalue weighted by atomic mass is 16.6. The Morgan fingerprint density at radius 3 is 2.50 bits per heavy atom. The van der Waals surface area contributed by atoms with Gasteiger partial charge >= 0.3 is 6.09 Å². The number of hydrogen-bond acceptors (Lipinski definition) is 3. The average Bonchev–Trinajstić information content (AvgIpc) is 3.22. The van der Waals surface area contributed by atoms with Gasteiger partial charge in [-0.1, -0.05) is 54.6 Å². The van der Waals surface area contributed by atoms with Crippen LogP contribution in [0.15, 0.2) is 66.7 Å². The largest absolute Gasteiger partial charge is 0.414 e. The van der Waals surface area contributed by atoms with Gasteiger partial charge in [0.05, 0.1) is 0 Å². The second-order valence-corrected chi connectivity index (χ2v) is 8.50. The van der Waals surface area contributed by atoms with Crippen molar-refractivity contribution >= 4 is 16.9 Å². The Labute approximate surface area is 178 Å². The van der Waals surface area contributed by atoms with Crippen molar-refractivity contribution in [2.24, 2.45) is 0 Å². The van der Waals surface area contributed by atoms with Crippen LogP contribution in [-0.2, 0) is 0 Å². The molecular formula is C26H30N2O2. The molecule has 0 saturated heterocycles. The Kier molecular flexibility index (Phi) is 6.05. The molecule has 1 unspecified atom stereocenters. The van der Waals surface area contributed by atoms with Crippen molar-refractivity contribution in [1.82, 2.24) is 10.2 Å². The van der Waals surface area contributed by atoms with Gasteiger partial charge in [0.2, 0.25) is 0 Å². The van der Waals surface area contributed by atoms with Crippen molar-refractivity contribution in [2.45, 2.75) is 44.2 Å². The highest BCUT2D eigenvalue weighted by Gasteiger charge is 2.27. The van der Waals surface area contributed by atoms with E-state index in [4.69, 9.17) is 4.74 Å². The zero-order valence-electron chi connectivity index (χ0n) is 18.0. The Bertz CT molecular complexity index is 1010. The van der Waals surface area contributed by atoms with Gasteiger partial charge in [-0.05, 0) is 66.1 Å². The van der Waals surface area contributed by atoms with E-state index < -0.39 is 0 Å². The van der Waals surface area contributed by atoms with Crippen molar-refractivity contribution < 1.29 is 9.53 Å². The third kappa shape index (κ3) is 4.49. The Morgan fingerprint density at radius 2 is 1.73 bits per heavy atom. The quantitative estimate of drug-likeness (QED) is 0.579. The molecule has 4 heteroatoms. The molecule has 1 aliphatic carbocycles. The predicted molar refractivity (Wildman–Crippen MR) is 122 cm³/mol. The summed E-state index contributed by atoms with van der Waals surface area (Å²) in [5.41, 5.74) is 2.69. The molecule has 0 heterocycles. The molecule has 1 saturated carbocycles. The van der Waals surface area contributed by atoms with Gasteiger partial charge in [-0.3, -0.25) is 0 Å². The second-order valence-electron chi connectivity index (χ2n) is 8.50. The molecule has 3 aromatic rings. The van der Waals surface area contributed by atoms with E-state index in [1.807, 2.05) is 12.1 Å². The van der Waals surface area contributed by atoms with Crippen LogP contribution in [0.1, 0.15) is 49.3 Å². The van der Waals surface area contributed by atoms with Gasteiger partial charge in [-0.25, -0.2) is 4.79 Å². The molecule has 0 bridgehead atoms. The van der Waals surface area contributed by atoms with E-state index in [0.29, 0.717) is 23.8 Å². The third-order valence-corrected chi connectivity index (χ3v) is 6.13. The lowest BCUT2D eigenvalue weighted by Gasteiger charge is -2.21. The number of fused-ring (bicyclic) bond motifs is 1. The molecule has 30 heavy (non-hydrogen) atoms. The van der Waals surface area contributed by atoms with Crippen molar-refractivity contribution in [2.75, 3.05) is 14.1 Å². The SMILES string of the molecule is CC(N[C@H]1CC[C@@H](c2ccc(OC(=O)N(C)C)cc2)C1)c1cccc2ccccc12. The number of nitrogens with one attached hydrogen (secondary N) is 1. The maximum atomic E-state index is 11.7. The fraction of sp³-hybridized carbons (Fsp3) is 0.346. The van der Waals surface area contributed by atoms with Crippen LogP contribution in [0, 0.1) is 0 Å². The van der Waals surface area contributed by atoms with Crippen LogP contribution in [0.3, 0.4) is 0 Å². The average molecular weight is 403 g/mol. The lowest BCUT2D eigenvalue weighted by Crippen LogP contribution is -2.29. The van der Waals surface area contributed by atoms with E-state index >= 15 is 0 Å². The summed E-state index contributed by atoms with van der Waals surface area (Å²) in [7, 11) is 3.36. The lowest BCUT2D eigenvalue weighted by atomic mass is 9.96. The zero-order chi connectivity index (χ0) is 21.1. The second kappa shape index (κ2) is 8.88. The number of carbonyl (C=O) groups is 1. The van der Waals surface area contributed by atoms with Crippen LogP contribution in [-0.4, -0.2) is 31.1 Å².